The molecule has 3 amide bonds. The van der Waals surface area contributed by atoms with Crippen LogP contribution >= 0.6 is 0 Å². The molecule has 108 valence electrons. The molecule has 0 saturated carbocycles. The Balaban J connectivity index is 2.23. The molecule has 7 heteroatoms. The van der Waals surface area contributed by atoms with E-state index in [-0.39, 0.29) is 24.8 Å². The first-order chi connectivity index (χ1) is 9.00. The van der Waals surface area contributed by atoms with Gasteiger partial charge < -0.3 is 14.7 Å². The van der Waals surface area contributed by atoms with E-state index in [1.54, 1.807) is 4.90 Å². The number of hydrogen-bond donors (Lipinski definition) is 2. The van der Waals surface area contributed by atoms with Crippen LogP contribution in [0.3, 0.4) is 0 Å². The van der Waals surface area contributed by atoms with Crippen LogP contribution in [0.5, 0.6) is 0 Å². The Morgan fingerprint density at radius 2 is 2.00 bits per heavy atom. The number of nitrogens with one attached hydrogen (secondary N) is 1. The third-order valence-corrected chi connectivity index (χ3v) is 2.92. The molecule has 1 saturated heterocycles. The highest BCUT2D eigenvalue weighted by Crippen LogP contribution is 2.06. The van der Waals surface area contributed by atoms with Gasteiger partial charge in [0.05, 0.1) is 19.3 Å². The van der Waals surface area contributed by atoms with E-state index in [0.29, 0.717) is 32.6 Å². The minimum absolute atomic E-state index is 0.0434. The molecule has 0 aromatic rings. The standard InChI is InChI=1S/C12H20N2O5/c1-9-8-19-7-6-14(9)12(18)13-10(15)4-2-3-5-11(16)17/h9H,2-8H2,1H3,(H,16,17)(H,13,15,18). The summed E-state index contributed by atoms with van der Waals surface area (Å²) >= 11 is 0. The Labute approximate surface area is 111 Å². The highest BCUT2D eigenvalue weighted by atomic mass is 16.5. The van der Waals surface area contributed by atoms with Crippen molar-refractivity contribution in [2.24, 2.45) is 0 Å². The van der Waals surface area contributed by atoms with Gasteiger partial charge in [0, 0.05) is 19.4 Å². The Bertz CT molecular complexity index is 345. The number of urea groups is 1. The number of carbonyl (C=O) groups excluding carboxylic acids is 2. The van der Waals surface area contributed by atoms with Crippen molar-refractivity contribution in [2.45, 2.75) is 38.6 Å². The van der Waals surface area contributed by atoms with E-state index in [9.17, 15) is 14.4 Å². The summed E-state index contributed by atoms with van der Waals surface area (Å²) in [6.45, 7) is 3.28. The highest BCUT2D eigenvalue weighted by Gasteiger charge is 2.24. The first-order valence-corrected chi connectivity index (χ1v) is 6.40. The molecule has 1 fully saturated rings. The minimum atomic E-state index is -0.876. The maximum atomic E-state index is 11.8. The summed E-state index contributed by atoms with van der Waals surface area (Å²) < 4.78 is 5.21. The summed E-state index contributed by atoms with van der Waals surface area (Å²) in [5.41, 5.74) is 0. The number of imide groups is 1. The molecule has 7 nitrogen and oxygen atoms in total. The van der Waals surface area contributed by atoms with Crippen LogP contribution in [0.2, 0.25) is 0 Å². The van der Waals surface area contributed by atoms with Crippen LogP contribution in [-0.4, -0.2) is 53.7 Å². The van der Waals surface area contributed by atoms with E-state index in [1.807, 2.05) is 6.92 Å². The number of carboxylic acid groups (broad SMARTS) is 1. The number of amides is 3. The number of morpholine rings is 1. The molecule has 1 heterocycles. The van der Waals surface area contributed by atoms with Gasteiger partial charge >= 0.3 is 12.0 Å². The van der Waals surface area contributed by atoms with E-state index < -0.39 is 12.0 Å². The normalized spacial score (nSPS) is 19.0. The predicted octanol–water partition coefficient (Wildman–Crippen LogP) is 0.588. The number of rotatable bonds is 5. The topological polar surface area (TPSA) is 95.9 Å². The van der Waals surface area contributed by atoms with Gasteiger partial charge in [-0.1, -0.05) is 0 Å². The lowest BCUT2D eigenvalue weighted by atomic mass is 10.2. The molecule has 0 spiro atoms. The largest absolute Gasteiger partial charge is 0.481 e. The summed E-state index contributed by atoms with van der Waals surface area (Å²) in [7, 11) is 0. The van der Waals surface area contributed by atoms with Crippen molar-refractivity contribution in [2.75, 3.05) is 19.8 Å². The first-order valence-electron chi connectivity index (χ1n) is 6.40. The van der Waals surface area contributed by atoms with Crippen LogP contribution in [0, 0.1) is 0 Å². The van der Waals surface area contributed by atoms with Crippen molar-refractivity contribution < 1.29 is 24.2 Å². The van der Waals surface area contributed by atoms with Crippen molar-refractivity contribution in [3.05, 3.63) is 0 Å². The van der Waals surface area contributed by atoms with Crippen LogP contribution in [0.1, 0.15) is 32.6 Å². The second-order valence-corrected chi connectivity index (χ2v) is 4.57. The molecular weight excluding hydrogens is 252 g/mol. The second-order valence-electron chi connectivity index (χ2n) is 4.57. The molecule has 0 aliphatic carbocycles. The van der Waals surface area contributed by atoms with E-state index in [1.165, 1.54) is 0 Å². The smallest absolute Gasteiger partial charge is 0.324 e. The van der Waals surface area contributed by atoms with Gasteiger partial charge in [-0.25, -0.2) is 4.79 Å². The number of ether oxygens (including phenoxy) is 1. The van der Waals surface area contributed by atoms with Crippen LogP contribution in [0.4, 0.5) is 4.79 Å². The quantitative estimate of drug-likeness (QED) is 0.714. The minimum Gasteiger partial charge on any atom is -0.481 e. The van der Waals surface area contributed by atoms with E-state index in [4.69, 9.17) is 9.84 Å². The van der Waals surface area contributed by atoms with Gasteiger partial charge in [0.15, 0.2) is 0 Å². The summed E-state index contributed by atoms with van der Waals surface area (Å²) in [4.78, 5) is 35.2. The molecule has 19 heavy (non-hydrogen) atoms. The number of aliphatic carboxylic acids is 1. The van der Waals surface area contributed by atoms with Gasteiger partial charge in [-0.2, -0.15) is 0 Å². The number of carboxylic acids is 1. The zero-order valence-electron chi connectivity index (χ0n) is 11.1. The highest BCUT2D eigenvalue weighted by molar-refractivity contribution is 5.94. The lowest BCUT2D eigenvalue weighted by Gasteiger charge is -2.32. The van der Waals surface area contributed by atoms with Gasteiger partial charge in [-0.05, 0) is 19.8 Å². The van der Waals surface area contributed by atoms with Gasteiger partial charge in [-0.3, -0.25) is 14.9 Å². The monoisotopic (exact) mass is 272 g/mol. The van der Waals surface area contributed by atoms with Crippen LogP contribution in [-0.2, 0) is 14.3 Å². The molecule has 2 N–H and O–H groups in total. The molecule has 0 aromatic heterocycles. The van der Waals surface area contributed by atoms with Crippen LogP contribution in [0.25, 0.3) is 0 Å². The molecule has 1 aliphatic heterocycles. The molecule has 0 bridgehead atoms. The van der Waals surface area contributed by atoms with E-state index in [2.05, 4.69) is 5.32 Å². The third-order valence-electron chi connectivity index (χ3n) is 2.92. The second kappa shape index (κ2) is 7.73. The molecular formula is C12H20N2O5. The molecule has 1 rings (SSSR count). The fraction of sp³-hybridized carbons (Fsp3) is 0.750. The van der Waals surface area contributed by atoms with Crippen molar-refractivity contribution in [3.63, 3.8) is 0 Å². The summed E-state index contributed by atoms with van der Waals surface area (Å²) in [6.07, 6.45) is 1.11. The Morgan fingerprint density at radius 3 is 2.63 bits per heavy atom. The fourth-order valence-corrected chi connectivity index (χ4v) is 1.84. The van der Waals surface area contributed by atoms with Crippen molar-refractivity contribution in [1.29, 1.82) is 0 Å². The maximum absolute atomic E-state index is 11.8. The van der Waals surface area contributed by atoms with Crippen LogP contribution < -0.4 is 5.32 Å². The third kappa shape index (κ3) is 5.69. The van der Waals surface area contributed by atoms with Gasteiger partial charge in [0.2, 0.25) is 5.91 Å². The average Bonchev–Trinajstić information content (AvgIpc) is 2.35. The first kappa shape index (κ1) is 15.4. The van der Waals surface area contributed by atoms with Crippen molar-refractivity contribution >= 4 is 17.9 Å². The van der Waals surface area contributed by atoms with Crippen molar-refractivity contribution in [3.8, 4) is 0 Å². The number of hydrogen-bond acceptors (Lipinski definition) is 4. The number of carbonyl (C=O) groups is 3. The fourth-order valence-electron chi connectivity index (χ4n) is 1.84. The molecule has 0 aromatic carbocycles. The Hall–Kier alpha value is -1.63. The average molecular weight is 272 g/mol. The zero-order valence-corrected chi connectivity index (χ0v) is 11.1. The molecule has 1 unspecified atom stereocenters. The summed E-state index contributed by atoms with van der Waals surface area (Å²) in [5, 5.41) is 10.8. The summed E-state index contributed by atoms with van der Waals surface area (Å²) in [5.74, 6) is -1.24. The lowest BCUT2D eigenvalue weighted by Crippen LogP contribution is -2.52. The lowest BCUT2D eigenvalue weighted by molar-refractivity contribution is -0.137. The van der Waals surface area contributed by atoms with Gasteiger partial charge in [0.25, 0.3) is 0 Å². The Kier molecular flexibility index (Phi) is 6.27. The van der Waals surface area contributed by atoms with Crippen LogP contribution in [0.15, 0.2) is 0 Å². The van der Waals surface area contributed by atoms with Gasteiger partial charge in [0.1, 0.15) is 0 Å². The van der Waals surface area contributed by atoms with Gasteiger partial charge in [-0.15, -0.1) is 0 Å². The number of unbranched alkanes of at least 4 members (excludes halogenated alkanes) is 1. The SMILES string of the molecule is CC1COCCN1C(=O)NC(=O)CCCCC(=O)O. The maximum Gasteiger partial charge on any atom is 0.324 e. The molecule has 1 aliphatic rings. The molecule has 1 atom stereocenters. The van der Waals surface area contributed by atoms with E-state index >= 15 is 0 Å². The van der Waals surface area contributed by atoms with E-state index in [0.717, 1.165) is 0 Å². The van der Waals surface area contributed by atoms with Crippen molar-refractivity contribution in [1.82, 2.24) is 10.2 Å². The Morgan fingerprint density at radius 1 is 1.32 bits per heavy atom. The predicted molar refractivity (Wildman–Crippen MR) is 66.6 cm³/mol. The summed E-state index contributed by atoms with van der Waals surface area (Å²) in [6, 6.07) is -0.451. The zero-order chi connectivity index (χ0) is 14.3. The molecule has 0 radical (unpaired) electrons. The number of nitrogens with zero attached hydrogens (tertiary/aromatic N) is 1.